The molecule has 6 nitrogen and oxygen atoms in total. The van der Waals surface area contributed by atoms with Crippen LogP contribution in [0.5, 0.6) is 0 Å². The number of para-hydroxylation sites is 1. The SMILES string of the molecule is CC(C)CCOCCn1nnc2cccc(C(=O)O)c21. The van der Waals surface area contributed by atoms with E-state index in [2.05, 4.69) is 24.2 Å². The molecule has 0 saturated heterocycles. The molecule has 108 valence electrons. The summed E-state index contributed by atoms with van der Waals surface area (Å²) in [4.78, 5) is 11.2. The van der Waals surface area contributed by atoms with Crippen LogP contribution < -0.4 is 0 Å². The molecule has 20 heavy (non-hydrogen) atoms. The molecule has 0 radical (unpaired) electrons. The highest BCUT2D eigenvalue weighted by Crippen LogP contribution is 2.16. The standard InChI is InChI=1S/C14H19N3O3/c1-10(2)6-8-20-9-7-17-13-11(14(18)19)4-3-5-12(13)15-16-17/h3-5,10H,6-9H2,1-2H3,(H,18,19). The third-order valence-corrected chi connectivity index (χ3v) is 3.05. The largest absolute Gasteiger partial charge is 0.478 e. The molecule has 0 fully saturated rings. The molecule has 0 amide bonds. The number of hydrogen-bond donors (Lipinski definition) is 1. The molecule has 0 atom stereocenters. The molecular formula is C14H19N3O3. The van der Waals surface area contributed by atoms with Gasteiger partial charge in [-0.1, -0.05) is 25.1 Å². The van der Waals surface area contributed by atoms with E-state index in [0.717, 1.165) is 6.42 Å². The molecule has 0 aliphatic rings. The van der Waals surface area contributed by atoms with Crippen LogP contribution in [0.2, 0.25) is 0 Å². The van der Waals surface area contributed by atoms with Crippen LogP contribution in [0.15, 0.2) is 18.2 Å². The minimum Gasteiger partial charge on any atom is -0.478 e. The average molecular weight is 277 g/mol. The quantitative estimate of drug-likeness (QED) is 0.785. The van der Waals surface area contributed by atoms with Gasteiger partial charge in [0.05, 0.1) is 18.7 Å². The van der Waals surface area contributed by atoms with Crippen molar-refractivity contribution in [2.75, 3.05) is 13.2 Å². The smallest absolute Gasteiger partial charge is 0.337 e. The van der Waals surface area contributed by atoms with Gasteiger partial charge < -0.3 is 9.84 Å². The highest BCUT2D eigenvalue weighted by molar-refractivity contribution is 6.00. The highest BCUT2D eigenvalue weighted by Gasteiger charge is 2.14. The predicted molar refractivity (Wildman–Crippen MR) is 74.8 cm³/mol. The molecular weight excluding hydrogens is 258 g/mol. The fourth-order valence-corrected chi connectivity index (χ4v) is 1.93. The summed E-state index contributed by atoms with van der Waals surface area (Å²) in [5, 5.41) is 17.2. The third kappa shape index (κ3) is 3.33. The van der Waals surface area contributed by atoms with Gasteiger partial charge in [0.2, 0.25) is 0 Å². The Kier molecular flexibility index (Phi) is 4.68. The topological polar surface area (TPSA) is 77.2 Å². The number of ether oxygens (including phenoxy) is 1. The maximum Gasteiger partial charge on any atom is 0.337 e. The van der Waals surface area contributed by atoms with Crippen molar-refractivity contribution >= 4 is 17.0 Å². The maximum absolute atomic E-state index is 11.2. The van der Waals surface area contributed by atoms with Gasteiger partial charge in [0.25, 0.3) is 0 Å². The van der Waals surface area contributed by atoms with Crippen LogP contribution in [0.3, 0.4) is 0 Å². The number of rotatable bonds is 7. The molecule has 0 unspecified atom stereocenters. The molecule has 0 aliphatic carbocycles. The lowest BCUT2D eigenvalue weighted by atomic mass is 10.1. The van der Waals surface area contributed by atoms with Gasteiger partial charge in [-0.3, -0.25) is 0 Å². The van der Waals surface area contributed by atoms with Crippen LogP contribution in [-0.2, 0) is 11.3 Å². The number of aromatic carboxylic acids is 1. The lowest BCUT2D eigenvalue weighted by Crippen LogP contribution is -2.11. The lowest BCUT2D eigenvalue weighted by molar-refractivity contribution is 0.0698. The van der Waals surface area contributed by atoms with Crippen molar-refractivity contribution in [2.24, 2.45) is 5.92 Å². The maximum atomic E-state index is 11.2. The molecule has 1 aromatic carbocycles. The molecule has 0 aliphatic heterocycles. The molecule has 6 heteroatoms. The molecule has 0 saturated carbocycles. The van der Waals surface area contributed by atoms with Crippen LogP contribution in [0, 0.1) is 5.92 Å². The summed E-state index contributed by atoms with van der Waals surface area (Å²) >= 11 is 0. The molecule has 0 bridgehead atoms. The van der Waals surface area contributed by atoms with Gasteiger partial charge in [-0.05, 0) is 24.5 Å². The van der Waals surface area contributed by atoms with E-state index in [0.29, 0.717) is 36.7 Å². The number of nitrogens with zero attached hydrogens (tertiary/aromatic N) is 3. The van der Waals surface area contributed by atoms with E-state index in [1.165, 1.54) is 0 Å². The fourth-order valence-electron chi connectivity index (χ4n) is 1.93. The van der Waals surface area contributed by atoms with Gasteiger partial charge >= 0.3 is 5.97 Å². The van der Waals surface area contributed by atoms with E-state index in [-0.39, 0.29) is 5.56 Å². The van der Waals surface area contributed by atoms with Gasteiger partial charge in [0.1, 0.15) is 11.0 Å². The van der Waals surface area contributed by atoms with Gasteiger partial charge in [-0.25, -0.2) is 9.48 Å². The van der Waals surface area contributed by atoms with Crippen molar-refractivity contribution < 1.29 is 14.6 Å². The van der Waals surface area contributed by atoms with Crippen molar-refractivity contribution in [2.45, 2.75) is 26.8 Å². The molecule has 2 rings (SSSR count). The third-order valence-electron chi connectivity index (χ3n) is 3.05. The van der Waals surface area contributed by atoms with E-state index >= 15 is 0 Å². The van der Waals surface area contributed by atoms with Crippen LogP contribution >= 0.6 is 0 Å². The Balaban J connectivity index is 2.05. The number of fused-ring (bicyclic) bond motifs is 1. The zero-order valence-electron chi connectivity index (χ0n) is 11.7. The van der Waals surface area contributed by atoms with E-state index in [1.54, 1.807) is 22.9 Å². The first-order valence-corrected chi connectivity index (χ1v) is 6.73. The Bertz CT molecular complexity index is 592. The lowest BCUT2D eigenvalue weighted by Gasteiger charge is -2.07. The number of hydrogen-bond acceptors (Lipinski definition) is 4. The van der Waals surface area contributed by atoms with Crippen LogP contribution in [-0.4, -0.2) is 39.3 Å². The van der Waals surface area contributed by atoms with E-state index in [9.17, 15) is 9.90 Å². The van der Waals surface area contributed by atoms with Gasteiger partial charge in [0.15, 0.2) is 0 Å². The van der Waals surface area contributed by atoms with Gasteiger partial charge in [0, 0.05) is 6.61 Å². The normalized spacial score (nSPS) is 11.3. The zero-order valence-corrected chi connectivity index (χ0v) is 11.7. The molecule has 1 aromatic heterocycles. The number of benzene rings is 1. The van der Waals surface area contributed by atoms with E-state index < -0.39 is 5.97 Å². The summed E-state index contributed by atoms with van der Waals surface area (Å²) in [7, 11) is 0. The van der Waals surface area contributed by atoms with Crippen molar-refractivity contribution in [3.63, 3.8) is 0 Å². The summed E-state index contributed by atoms with van der Waals surface area (Å²) in [6, 6.07) is 4.99. The van der Waals surface area contributed by atoms with E-state index in [1.807, 2.05) is 0 Å². The van der Waals surface area contributed by atoms with Crippen molar-refractivity contribution in [1.82, 2.24) is 15.0 Å². The van der Waals surface area contributed by atoms with Crippen LogP contribution in [0.4, 0.5) is 0 Å². The van der Waals surface area contributed by atoms with Crippen molar-refractivity contribution in [3.05, 3.63) is 23.8 Å². The van der Waals surface area contributed by atoms with Crippen molar-refractivity contribution in [1.29, 1.82) is 0 Å². The second-order valence-corrected chi connectivity index (χ2v) is 5.09. The fraction of sp³-hybridized carbons (Fsp3) is 0.500. The summed E-state index contributed by atoms with van der Waals surface area (Å²) in [6.07, 6.45) is 1.01. The number of carbonyl (C=O) groups is 1. The second-order valence-electron chi connectivity index (χ2n) is 5.09. The molecule has 0 spiro atoms. The summed E-state index contributed by atoms with van der Waals surface area (Å²) in [6.45, 7) is 5.99. The molecule has 1 N–H and O–H groups in total. The van der Waals surface area contributed by atoms with Gasteiger partial charge in [-0.2, -0.15) is 0 Å². The monoisotopic (exact) mass is 277 g/mol. The number of carboxylic acids is 1. The first kappa shape index (κ1) is 14.5. The Morgan fingerprint density at radius 3 is 2.90 bits per heavy atom. The van der Waals surface area contributed by atoms with Crippen molar-refractivity contribution in [3.8, 4) is 0 Å². The molecule has 1 heterocycles. The minimum absolute atomic E-state index is 0.217. The Morgan fingerprint density at radius 2 is 2.20 bits per heavy atom. The summed E-state index contributed by atoms with van der Waals surface area (Å²) in [5.41, 5.74) is 1.36. The second kappa shape index (κ2) is 6.47. The van der Waals surface area contributed by atoms with Crippen LogP contribution in [0.25, 0.3) is 11.0 Å². The molecule has 2 aromatic rings. The Hall–Kier alpha value is -1.95. The number of aromatic nitrogens is 3. The Morgan fingerprint density at radius 1 is 1.40 bits per heavy atom. The van der Waals surface area contributed by atoms with Gasteiger partial charge in [-0.15, -0.1) is 5.10 Å². The first-order valence-electron chi connectivity index (χ1n) is 6.73. The van der Waals surface area contributed by atoms with E-state index in [4.69, 9.17) is 4.74 Å². The minimum atomic E-state index is -0.972. The zero-order chi connectivity index (χ0) is 14.5. The first-order chi connectivity index (χ1) is 9.59. The predicted octanol–water partition coefficient (Wildman–Crippen LogP) is 2.19. The average Bonchev–Trinajstić information content (AvgIpc) is 2.81. The van der Waals surface area contributed by atoms with Crippen LogP contribution in [0.1, 0.15) is 30.6 Å². The summed E-state index contributed by atoms with van der Waals surface area (Å²) in [5.74, 6) is -0.360. The highest BCUT2D eigenvalue weighted by atomic mass is 16.5. The Labute approximate surface area is 117 Å². The number of carboxylic acid groups (broad SMARTS) is 1. The summed E-state index contributed by atoms with van der Waals surface area (Å²) < 4.78 is 7.12.